The number of aliphatic carboxylic acids is 1. The van der Waals surface area contributed by atoms with Gasteiger partial charge in [-0.05, 0) is 17.5 Å². The molecule has 1 aromatic carbocycles. The van der Waals surface area contributed by atoms with E-state index in [9.17, 15) is 9.59 Å². The molecule has 0 fully saturated rings. The number of hydrogen-bond acceptors (Lipinski definition) is 3. The number of amides is 1. The normalized spacial score (nSPS) is 17.2. The van der Waals surface area contributed by atoms with Gasteiger partial charge < -0.3 is 9.84 Å². The molecule has 1 N–H and O–H groups in total. The van der Waals surface area contributed by atoms with E-state index >= 15 is 0 Å². The molecule has 1 aliphatic rings. The van der Waals surface area contributed by atoms with Crippen LogP contribution in [0.3, 0.4) is 0 Å². The number of nitrogens with zero attached hydrogens (tertiary/aromatic N) is 1. The largest absolute Gasteiger partial charge is 0.481 e. The molecular formula is C15H17NO4. The predicted molar refractivity (Wildman–Crippen MR) is 73.3 cm³/mol. The molecule has 1 aromatic rings. The molecule has 0 spiro atoms. The van der Waals surface area contributed by atoms with Crippen molar-refractivity contribution in [2.75, 3.05) is 6.61 Å². The summed E-state index contributed by atoms with van der Waals surface area (Å²) >= 11 is 0. The van der Waals surface area contributed by atoms with Crippen LogP contribution in [-0.2, 0) is 22.5 Å². The summed E-state index contributed by atoms with van der Waals surface area (Å²) in [5.41, 5.74) is 2.12. The molecule has 5 nitrogen and oxygen atoms in total. The summed E-state index contributed by atoms with van der Waals surface area (Å²) in [4.78, 5) is 24.5. The van der Waals surface area contributed by atoms with Crippen molar-refractivity contribution in [3.05, 3.63) is 48.0 Å². The number of carboxylic acids is 1. The van der Waals surface area contributed by atoms with E-state index in [1.807, 2.05) is 24.3 Å². The van der Waals surface area contributed by atoms with Gasteiger partial charge in [-0.3, -0.25) is 9.69 Å². The van der Waals surface area contributed by atoms with E-state index < -0.39 is 12.1 Å². The van der Waals surface area contributed by atoms with Crippen molar-refractivity contribution in [3.8, 4) is 0 Å². The van der Waals surface area contributed by atoms with Crippen LogP contribution in [0.4, 0.5) is 4.79 Å². The maximum Gasteiger partial charge on any atom is 0.410 e. The van der Waals surface area contributed by atoms with Crippen molar-refractivity contribution in [1.82, 2.24) is 4.90 Å². The molecule has 20 heavy (non-hydrogen) atoms. The number of carbonyl (C=O) groups is 2. The van der Waals surface area contributed by atoms with E-state index in [1.165, 1.54) is 11.0 Å². The van der Waals surface area contributed by atoms with E-state index in [4.69, 9.17) is 9.84 Å². The Labute approximate surface area is 117 Å². The molecule has 0 saturated heterocycles. The molecule has 0 bridgehead atoms. The third-order valence-corrected chi connectivity index (χ3v) is 3.32. The Kier molecular flexibility index (Phi) is 4.40. The molecule has 0 radical (unpaired) electrons. The highest BCUT2D eigenvalue weighted by molar-refractivity contribution is 5.72. The quantitative estimate of drug-likeness (QED) is 0.855. The predicted octanol–water partition coefficient (Wildman–Crippen LogP) is 2.21. The van der Waals surface area contributed by atoms with E-state index in [-0.39, 0.29) is 19.1 Å². The number of carbonyl (C=O) groups excluding carboxylic acids is 1. The molecule has 5 heteroatoms. The van der Waals surface area contributed by atoms with Crippen LogP contribution in [0.1, 0.15) is 17.5 Å². The summed E-state index contributed by atoms with van der Waals surface area (Å²) < 4.78 is 5.03. The number of carboxylic acid groups (broad SMARTS) is 1. The lowest BCUT2D eigenvalue weighted by Crippen LogP contribution is -2.45. The average molecular weight is 275 g/mol. The number of hydrogen-bond donors (Lipinski definition) is 1. The standard InChI is InChI=1S/C15H17NO4/c1-2-7-20-15(19)16-10-12-6-4-3-5-11(12)8-13(16)9-14(17)18/h2-6,13H,1,7-10H2,(H,17,18)/t13-/m1/s1. The molecule has 1 amide bonds. The lowest BCUT2D eigenvalue weighted by Gasteiger charge is -2.35. The van der Waals surface area contributed by atoms with Crippen LogP contribution in [0, 0.1) is 0 Å². The third-order valence-electron chi connectivity index (χ3n) is 3.32. The van der Waals surface area contributed by atoms with Gasteiger partial charge in [-0.15, -0.1) is 0 Å². The maximum atomic E-state index is 12.0. The molecule has 0 aromatic heterocycles. The van der Waals surface area contributed by atoms with E-state index in [1.54, 1.807) is 0 Å². The van der Waals surface area contributed by atoms with Crippen LogP contribution in [0.5, 0.6) is 0 Å². The molecule has 1 heterocycles. The minimum absolute atomic E-state index is 0.0858. The zero-order chi connectivity index (χ0) is 14.5. The molecule has 2 rings (SSSR count). The van der Waals surface area contributed by atoms with E-state index in [0.717, 1.165) is 11.1 Å². The van der Waals surface area contributed by atoms with Gasteiger partial charge in [0.05, 0.1) is 6.42 Å². The van der Waals surface area contributed by atoms with Crippen molar-refractivity contribution in [2.45, 2.75) is 25.4 Å². The lowest BCUT2D eigenvalue weighted by molar-refractivity contribution is -0.138. The number of ether oxygens (including phenoxy) is 1. The SMILES string of the molecule is C=CCOC(=O)N1Cc2ccccc2C[C@@H]1CC(=O)O. The summed E-state index contributed by atoms with van der Waals surface area (Å²) in [7, 11) is 0. The molecule has 0 aliphatic carbocycles. The minimum atomic E-state index is -0.920. The second kappa shape index (κ2) is 6.23. The molecule has 1 aliphatic heterocycles. The van der Waals surface area contributed by atoms with Crippen LogP contribution in [0.15, 0.2) is 36.9 Å². The van der Waals surface area contributed by atoms with Gasteiger partial charge in [0.15, 0.2) is 0 Å². The molecule has 106 valence electrons. The van der Waals surface area contributed by atoms with Crippen molar-refractivity contribution >= 4 is 12.1 Å². The van der Waals surface area contributed by atoms with Crippen molar-refractivity contribution in [1.29, 1.82) is 0 Å². The Morgan fingerprint density at radius 3 is 2.75 bits per heavy atom. The average Bonchev–Trinajstić information content (AvgIpc) is 2.43. The van der Waals surface area contributed by atoms with Gasteiger partial charge in [-0.25, -0.2) is 4.79 Å². The molecule has 0 saturated carbocycles. The zero-order valence-electron chi connectivity index (χ0n) is 11.1. The number of benzene rings is 1. The number of fused-ring (bicyclic) bond motifs is 1. The Hall–Kier alpha value is -2.30. The molecular weight excluding hydrogens is 258 g/mol. The van der Waals surface area contributed by atoms with Gasteiger partial charge >= 0.3 is 12.1 Å². The maximum absolute atomic E-state index is 12.0. The van der Waals surface area contributed by atoms with Crippen molar-refractivity contribution < 1.29 is 19.4 Å². The smallest absolute Gasteiger partial charge is 0.410 e. The fraction of sp³-hybridized carbons (Fsp3) is 0.333. The fourth-order valence-electron chi connectivity index (χ4n) is 2.40. The monoisotopic (exact) mass is 275 g/mol. The van der Waals surface area contributed by atoms with E-state index in [2.05, 4.69) is 6.58 Å². The van der Waals surface area contributed by atoms with Crippen LogP contribution < -0.4 is 0 Å². The Morgan fingerprint density at radius 2 is 2.10 bits per heavy atom. The van der Waals surface area contributed by atoms with Crippen molar-refractivity contribution in [3.63, 3.8) is 0 Å². The first-order chi connectivity index (χ1) is 9.61. The van der Waals surface area contributed by atoms with Gasteiger partial charge in [-0.2, -0.15) is 0 Å². The summed E-state index contributed by atoms with van der Waals surface area (Å²) in [5, 5.41) is 8.99. The van der Waals surface area contributed by atoms with Crippen LogP contribution in [0.25, 0.3) is 0 Å². The lowest BCUT2D eigenvalue weighted by atomic mass is 9.93. The highest BCUT2D eigenvalue weighted by Crippen LogP contribution is 2.25. The van der Waals surface area contributed by atoms with E-state index in [0.29, 0.717) is 13.0 Å². The highest BCUT2D eigenvalue weighted by atomic mass is 16.6. The van der Waals surface area contributed by atoms with Gasteiger partial charge in [-0.1, -0.05) is 36.9 Å². The summed E-state index contributed by atoms with van der Waals surface area (Å²) in [5.74, 6) is -0.920. The highest BCUT2D eigenvalue weighted by Gasteiger charge is 2.31. The van der Waals surface area contributed by atoms with Crippen LogP contribution in [0.2, 0.25) is 0 Å². The molecule has 1 atom stereocenters. The minimum Gasteiger partial charge on any atom is -0.481 e. The van der Waals surface area contributed by atoms with Crippen molar-refractivity contribution in [2.24, 2.45) is 0 Å². The van der Waals surface area contributed by atoms with Gasteiger partial charge in [0.25, 0.3) is 0 Å². The third kappa shape index (κ3) is 3.17. The Bertz CT molecular complexity index is 526. The summed E-state index contributed by atoms with van der Waals surface area (Å²) in [6.07, 6.45) is 1.44. The van der Waals surface area contributed by atoms with Gasteiger partial charge in [0.2, 0.25) is 0 Å². The first kappa shape index (κ1) is 14.1. The first-order valence-electron chi connectivity index (χ1n) is 6.44. The van der Waals surface area contributed by atoms with Crippen LogP contribution in [-0.4, -0.2) is 34.7 Å². The summed E-state index contributed by atoms with van der Waals surface area (Å²) in [6, 6.07) is 7.36. The van der Waals surface area contributed by atoms with Gasteiger partial charge in [0.1, 0.15) is 6.61 Å². The number of rotatable bonds is 4. The second-order valence-corrected chi connectivity index (χ2v) is 4.72. The zero-order valence-corrected chi connectivity index (χ0v) is 11.1. The van der Waals surface area contributed by atoms with Gasteiger partial charge in [0, 0.05) is 12.6 Å². The molecule has 0 unspecified atom stereocenters. The van der Waals surface area contributed by atoms with Crippen LogP contribution >= 0.6 is 0 Å². The Morgan fingerprint density at radius 1 is 1.40 bits per heavy atom. The Balaban J connectivity index is 2.20. The topological polar surface area (TPSA) is 66.8 Å². The second-order valence-electron chi connectivity index (χ2n) is 4.72. The first-order valence-corrected chi connectivity index (χ1v) is 6.44. The summed E-state index contributed by atoms with van der Waals surface area (Å²) in [6.45, 7) is 3.99. The fourth-order valence-corrected chi connectivity index (χ4v) is 2.40.